The summed E-state index contributed by atoms with van der Waals surface area (Å²) in [4.78, 5) is 39.1. The van der Waals surface area contributed by atoms with Gasteiger partial charge in [-0.1, -0.05) is 6.07 Å². The number of benzene rings is 1. The predicted octanol–water partition coefficient (Wildman–Crippen LogP) is -0.132. The maximum Gasteiger partial charge on any atom is 0.329 e. The van der Waals surface area contributed by atoms with Gasteiger partial charge in [0, 0.05) is 38.6 Å². The van der Waals surface area contributed by atoms with Crippen molar-refractivity contribution in [3.8, 4) is 0 Å². The van der Waals surface area contributed by atoms with Crippen molar-refractivity contribution in [1.29, 1.82) is 0 Å². The first-order valence-electron chi connectivity index (χ1n) is 9.08. The van der Waals surface area contributed by atoms with Gasteiger partial charge >= 0.3 is 5.69 Å². The lowest BCUT2D eigenvalue weighted by molar-refractivity contribution is -0.135. The second-order valence-electron chi connectivity index (χ2n) is 7.47. The maximum atomic E-state index is 13.0. The summed E-state index contributed by atoms with van der Waals surface area (Å²) in [7, 11) is 1.75. The number of carbonyl (C=O) groups excluding carboxylic acids is 2. The predicted molar refractivity (Wildman–Crippen MR) is 96.1 cm³/mol. The van der Waals surface area contributed by atoms with Crippen LogP contribution in [0.4, 0.5) is 5.69 Å². The summed E-state index contributed by atoms with van der Waals surface area (Å²) in [5.74, 6) is -0.675. The largest absolute Gasteiger partial charge is 0.364 e. The number of rotatable bonds is 2. The van der Waals surface area contributed by atoms with Crippen LogP contribution in [0.1, 0.15) is 25.3 Å². The van der Waals surface area contributed by atoms with Crippen LogP contribution < -0.4 is 21.2 Å². The minimum absolute atomic E-state index is 0.218. The number of anilines is 1. The molecule has 136 valence electrons. The Labute approximate surface area is 149 Å². The Bertz CT molecular complexity index is 991. The molecule has 3 saturated heterocycles. The van der Waals surface area contributed by atoms with Gasteiger partial charge in [0.1, 0.15) is 6.04 Å². The molecule has 2 bridgehead atoms. The normalized spacial score (nSPS) is 28.2. The summed E-state index contributed by atoms with van der Waals surface area (Å²) in [6, 6.07) is 6.19. The van der Waals surface area contributed by atoms with E-state index in [1.165, 1.54) is 0 Å². The lowest BCUT2D eigenvalue weighted by Crippen LogP contribution is -2.44. The summed E-state index contributed by atoms with van der Waals surface area (Å²) < 4.78 is 3.18. The molecule has 0 saturated carbocycles. The van der Waals surface area contributed by atoms with E-state index in [1.54, 1.807) is 16.2 Å². The first-order valence-corrected chi connectivity index (χ1v) is 9.08. The number of aromatic nitrogens is 2. The number of hydrogen-bond donors (Lipinski definition) is 2. The number of amides is 2. The highest BCUT2D eigenvalue weighted by molar-refractivity contribution is 6.00. The van der Waals surface area contributed by atoms with Crippen molar-refractivity contribution in [2.75, 3.05) is 18.0 Å². The summed E-state index contributed by atoms with van der Waals surface area (Å²) in [5, 5.41) is 5.85. The van der Waals surface area contributed by atoms with Crippen molar-refractivity contribution in [2.24, 2.45) is 7.05 Å². The molecule has 2 aromatic rings. The topological polar surface area (TPSA) is 88.4 Å². The molecule has 0 radical (unpaired) electrons. The standard InChI is InChI=1S/C18H21N5O3/c1-21-16-12(22-9-10-7-11(22)8-19-10)3-2-4-13(16)23(18(21)26)14-5-6-15(24)20-17(14)25/h2-4,10-11,14,19H,5-9H2,1H3,(H,20,24,25)/t10-,11-,14?/m1/s1. The zero-order valence-electron chi connectivity index (χ0n) is 14.6. The van der Waals surface area contributed by atoms with Crippen LogP contribution in [0.2, 0.25) is 0 Å². The summed E-state index contributed by atoms with van der Waals surface area (Å²) in [5.41, 5.74) is 2.43. The van der Waals surface area contributed by atoms with E-state index in [1.807, 2.05) is 12.1 Å². The molecule has 2 amide bonds. The molecule has 4 heterocycles. The summed E-state index contributed by atoms with van der Waals surface area (Å²) in [6.45, 7) is 1.89. The molecule has 1 aromatic heterocycles. The van der Waals surface area contributed by atoms with Gasteiger partial charge in [-0.05, 0) is 25.0 Å². The molecule has 8 heteroatoms. The molecule has 8 nitrogen and oxygen atoms in total. The molecule has 5 rings (SSSR count). The summed E-state index contributed by atoms with van der Waals surface area (Å²) in [6.07, 6.45) is 1.73. The fraction of sp³-hybridized carbons (Fsp3) is 0.500. The van der Waals surface area contributed by atoms with Crippen LogP contribution in [0.5, 0.6) is 0 Å². The molecule has 2 N–H and O–H groups in total. The highest BCUT2D eigenvalue weighted by atomic mass is 16.2. The molecule has 1 unspecified atom stereocenters. The molecule has 26 heavy (non-hydrogen) atoms. The number of nitrogens with zero attached hydrogens (tertiary/aromatic N) is 3. The quantitative estimate of drug-likeness (QED) is 0.733. The van der Waals surface area contributed by atoms with E-state index in [-0.39, 0.29) is 18.0 Å². The Morgan fingerprint density at radius 2 is 2.04 bits per heavy atom. The van der Waals surface area contributed by atoms with Crippen LogP contribution >= 0.6 is 0 Å². The first kappa shape index (κ1) is 15.6. The monoisotopic (exact) mass is 355 g/mol. The van der Waals surface area contributed by atoms with Crippen LogP contribution in [0, 0.1) is 0 Å². The number of carbonyl (C=O) groups is 2. The Morgan fingerprint density at radius 3 is 2.73 bits per heavy atom. The van der Waals surface area contributed by atoms with Gasteiger partial charge in [0.25, 0.3) is 0 Å². The summed E-state index contributed by atoms with van der Waals surface area (Å²) >= 11 is 0. The Kier molecular flexibility index (Phi) is 3.27. The molecule has 1 aromatic carbocycles. The van der Waals surface area contributed by atoms with Crippen LogP contribution in [0.25, 0.3) is 11.0 Å². The highest BCUT2D eigenvalue weighted by Crippen LogP contribution is 2.35. The molecule has 0 spiro atoms. The minimum Gasteiger partial charge on any atom is -0.364 e. The minimum atomic E-state index is -0.643. The van der Waals surface area contributed by atoms with E-state index in [9.17, 15) is 14.4 Å². The third-order valence-electron chi connectivity index (χ3n) is 5.97. The fourth-order valence-corrected chi connectivity index (χ4v) is 4.74. The van der Waals surface area contributed by atoms with Crippen LogP contribution in [0.15, 0.2) is 23.0 Å². The zero-order valence-corrected chi connectivity index (χ0v) is 14.6. The lowest BCUT2D eigenvalue weighted by Gasteiger charge is -2.30. The number of piperidine rings is 1. The number of imidazole rings is 1. The van der Waals surface area contributed by atoms with Crippen LogP contribution in [0.3, 0.4) is 0 Å². The van der Waals surface area contributed by atoms with Crippen molar-refractivity contribution in [1.82, 2.24) is 19.8 Å². The Balaban J connectivity index is 1.66. The number of nitrogens with one attached hydrogen (secondary N) is 2. The molecule has 3 aliphatic heterocycles. The number of para-hydroxylation sites is 1. The SMILES string of the molecule is Cn1c(=O)n(C2CCC(=O)NC2=O)c2cccc(N3C[C@H]4C[C@@H]3CN4)c21. The van der Waals surface area contributed by atoms with E-state index < -0.39 is 11.9 Å². The van der Waals surface area contributed by atoms with Gasteiger partial charge in [-0.3, -0.25) is 24.0 Å². The number of fused-ring (bicyclic) bond motifs is 3. The van der Waals surface area contributed by atoms with Gasteiger partial charge in [-0.25, -0.2) is 4.79 Å². The van der Waals surface area contributed by atoms with E-state index in [0.29, 0.717) is 18.5 Å². The van der Waals surface area contributed by atoms with Crippen molar-refractivity contribution >= 4 is 28.5 Å². The van der Waals surface area contributed by atoms with E-state index in [0.717, 1.165) is 36.2 Å². The van der Waals surface area contributed by atoms with Gasteiger partial charge in [-0.2, -0.15) is 0 Å². The average Bonchev–Trinajstić information content (AvgIpc) is 3.31. The van der Waals surface area contributed by atoms with Gasteiger partial charge in [-0.15, -0.1) is 0 Å². The van der Waals surface area contributed by atoms with Crippen LogP contribution in [-0.4, -0.2) is 46.1 Å². The molecular weight excluding hydrogens is 334 g/mol. The van der Waals surface area contributed by atoms with Crippen molar-refractivity contribution in [2.45, 2.75) is 37.4 Å². The Morgan fingerprint density at radius 1 is 1.19 bits per heavy atom. The molecule has 0 aliphatic carbocycles. The Hall–Kier alpha value is -2.61. The van der Waals surface area contributed by atoms with Crippen LogP contribution in [-0.2, 0) is 16.6 Å². The fourth-order valence-electron chi connectivity index (χ4n) is 4.74. The second kappa shape index (κ2) is 5.44. The van der Waals surface area contributed by atoms with Crippen molar-refractivity contribution in [3.63, 3.8) is 0 Å². The van der Waals surface area contributed by atoms with Crippen molar-refractivity contribution < 1.29 is 9.59 Å². The van der Waals surface area contributed by atoms with E-state index in [2.05, 4.69) is 21.6 Å². The van der Waals surface area contributed by atoms with Gasteiger partial charge in [0.15, 0.2) is 0 Å². The number of piperazine rings is 1. The van der Waals surface area contributed by atoms with Gasteiger partial charge in [0.05, 0.1) is 16.7 Å². The second-order valence-corrected chi connectivity index (χ2v) is 7.47. The number of imide groups is 1. The lowest BCUT2D eigenvalue weighted by atomic mass is 10.1. The third kappa shape index (κ3) is 2.08. The molecular formula is C18H21N5O3. The van der Waals surface area contributed by atoms with E-state index in [4.69, 9.17) is 0 Å². The molecule has 3 atom stereocenters. The average molecular weight is 355 g/mol. The molecule has 3 aliphatic rings. The molecule has 3 fully saturated rings. The third-order valence-corrected chi connectivity index (χ3v) is 5.97. The number of hydrogen-bond acceptors (Lipinski definition) is 5. The maximum absolute atomic E-state index is 13.0. The van der Waals surface area contributed by atoms with Gasteiger partial charge in [0.2, 0.25) is 11.8 Å². The smallest absolute Gasteiger partial charge is 0.329 e. The van der Waals surface area contributed by atoms with Gasteiger partial charge < -0.3 is 10.2 Å². The number of aryl methyl sites for hydroxylation is 1. The van der Waals surface area contributed by atoms with E-state index >= 15 is 0 Å². The highest BCUT2D eigenvalue weighted by Gasteiger charge is 2.39. The zero-order chi connectivity index (χ0) is 18.0. The first-order chi connectivity index (χ1) is 12.5. The van der Waals surface area contributed by atoms with Crippen molar-refractivity contribution in [3.05, 3.63) is 28.7 Å².